The molecule has 0 radical (unpaired) electrons. The summed E-state index contributed by atoms with van der Waals surface area (Å²) in [6.45, 7) is 4.49. The Kier molecular flexibility index (Phi) is 14.0. The molecule has 0 heteroatoms. The second-order valence-corrected chi connectivity index (χ2v) is 4.51. The highest BCUT2D eigenvalue weighted by Gasteiger charge is 1.84. The first-order valence-corrected chi connectivity index (χ1v) is 7.21. The van der Waals surface area contributed by atoms with Crippen LogP contribution in [0, 0.1) is 0 Å². The van der Waals surface area contributed by atoms with Crippen molar-refractivity contribution in [3.05, 3.63) is 24.3 Å². The number of unbranched alkanes of at least 4 members (excludes halogenated alkanes) is 7. The maximum absolute atomic E-state index is 2.37. The molecule has 0 unspecified atom stereocenters. The minimum Gasteiger partial charge on any atom is -0.0885 e. The Morgan fingerprint density at radius 3 is 1.62 bits per heavy atom. The van der Waals surface area contributed by atoms with Crippen molar-refractivity contribution in [2.24, 2.45) is 0 Å². The van der Waals surface area contributed by atoms with E-state index in [2.05, 4.69) is 38.2 Å². The summed E-state index contributed by atoms with van der Waals surface area (Å²) in [4.78, 5) is 0. The van der Waals surface area contributed by atoms with Crippen molar-refractivity contribution in [1.29, 1.82) is 0 Å². The van der Waals surface area contributed by atoms with E-state index in [1.165, 1.54) is 64.2 Å². The molecule has 0 saturated carbocycles. The lowest BCUT2D eigenvalue weighted by molar-refractivity contribution is 0.673. The molecule has 0 aromatic heterocycles. The number of hydrogen-bond acceptors (Lipinski definition) is 0. The molecule has 0 rings (SSSR count). The van der Waals surface area contributed by atoms with Gasteiger partial charge in [0.25, 0.3) is 0 Å². The Morgan fingerprint density at radius 1 is 0.500 bits per heavy atom. The molecule has 94 valence electrons. The summed E-state index contributed by atoms with van der Waals surface area (Å²) in [7, 11) is 0. The van der Waals surface area contributed by atoms with Crippen molar-refractivity contribution in [3.8, 4) is 0 Å². The van der Waals surface area contributed by atoms with E-state index in [0.717, 1.165) is 0 Å². The van der Waals surface area contributed by atoms with Gasteiger partial charge in [-0.25, -0.2) is 0 Å². The van der Waals surface area contributed by atoms with Crippen molar-refractivity contribution in [3.63, 3.8) is 0 Å². The zero-order valence-electron chi connectivity index (χ0n) is 11.4. The molecular weight excluding hydrogens is 192 g/mol. The average molecular weight is 222 g/mol. The van der Waals surface area contributed by atoms with Gasteiger partial charge in [0.15, 0.2) is 0 Å². The van der Waals surface area contributed by atoms with Crippen LogP contribution in [0.5, 0.6) is 0 Å². The van der Waals surface area contributed by atoms with E-state index in [0.29, 0.717) is 0 Å². The summed E-state index contributed by atoms with van der Waals surface area (Å²) in [5.74, 6) is 0. The Balaban J connectivity index is 3.09. The van der Waals surface area contributed by atoms with Gasteiger partial charge in [0.1, 0.15) is 0 Å². The molecule has 0 saturated heterocycles. The molecule has 0 N–H and O–H groups in total. The van der Waals surface area contributed by atoms with Crippen LogP contribution in [0.4, 0.5) is 0 Å². The predicted octanol–water partition coefficient (Wildman–Crippen LogP) is 6.04. The third kappa shape index (κ3) is 13.5. The summed E-state index contributed by atoms with van der Waals surface area (Å²) in [5.41, 5.74) is 0. The number of allylic oxidation sites excluding steroid dienone is 4. The van der Waals surface area contributed by atoms with Gasteiger partial charge in [-0.2, -0.15) is 0 Å². The maximum atomic E-state index is 2.37. The van der Waals surface area contributed by atoms with E-state index in [1.807, 2.05) is 0 Å². The van der Waals surface area contributed by atoms with Gasteiger partial charge in [-0.05, 0) is 38.5 Å². The van der Waals surface area contributed by atoms with Crippen LogP contribution in [0.25, 0.3) is 0 Å². The van der Waals surface area contributed by atoms with Gasteiger partial charge >= 0.3 is 0 Å². The molecule has 0 spiro atoms. The lowest BCUT2D eigenvalue weighted by Crippen LogP contribution is -1.74. The molecule has 0 aliphatic heterocycles. The lowest BCUT2D eigenvalue weighted by atomic mass is 10.1. The molecule has 0 amide bonds. The molecule has 0 aromatic carbocycles. The van der Waals surface area contributed by atoms with E-state index in [-0.39, 0.29) is 0 Å². The normalized spacial score (nSPS) is 11.9. The Hall–Kier alpha value is -0.520. The smallest absolute Gasteiger partial charge is 0.0348 e. The highest BCUT2D eigenvalue weighted by atomic mass is 13.9. The minimum atomic E-state index is 1.24. The van der Waals surface area contributed by atoms with Gasteiger partial charge in [0.2, 0.25) is 0 Å². The molecular formula is C16H30. The molecule has 16 heavy (non-hydrogen) atoms. The number of rotatable bonds is 11. The highest BCUT2D eigenvalue weighted by molar-refractivity contribution is 4.85. The van der Waals surface area contributed by atoms with Gasteiger partial charge in [-0.1, -0.05) is 63.8 Å². The lowest BCUT2D eigenvalue weighted by Gasteiger charge is -1.94. The molecule has 0 aliphatic carbocycles. The predicted molar refractivity (Wildman–Crippen MR) is 75.8 cm³/mol. The molecule has 0 aliphatic rings. The van der Waals surface area contributed by atoms with E-state index in [9.17, 15) is 0 Å². The molecule has 0 nitrogen and oxygen atoms in total. The molecule has 0 bridgehead atoms. The summed E-state index contributed by atoms with van der Waals surface area (Å²) >= 11 is 0. The van der Waals surface area contributed by atoms with E-state index < -0.39 is 0 Å². The second kappa shape index (κ2) is 14.5. The monoisotopic (exact) mass is 222 g/mol. The first kappa shape index (κ1) is 15.5. The van der Waals surface area contributed by atoms with Crippen LogP contribution in [0.3, 0.4) is 0 Å². The van der Waals surface area contributed by atoms with Crippen molar-refractivity contribution in [2.45, 2.75) is 78.1 Å². The fourth-order valence-electron chi connectivity index (χ4n) is 1.68. The zero-order chi connectivity index (χ0) is 11.9. The third-order valence-electron chi connectivity index (χ3n) is 2.75. The van der Waals surface area contributed by atoms with Crippen molar-refractivity contribution < 1.29 is 0 Å². The highest BCUT2D eigenvalue weighted by Crippen LogP contribution is 2.04. The Labute approximate surface area is 103 Å². The van der Waals surface area contributed by atoms with Crippen LogP contribution < -0.4 is 0 Å². The second-order valence-electron chi connectivity index (χ2n) is 4.51. The van der Waals surface area contributed by atoms with E-state index >= 15 is 0 Å². The topological polar surface area (TPSA) is 0 Å². The first-order chi connectivity index (χ1) is 7.91. The first-order valence-electron chi connectivity index (χ1n) is 7.21. The van der Waals surface area contributed by atoms with Crippen molar-refractivity contribution >= 4 is 0 Å². The van der Waals surface area contributed by atoms with Crippen LogP contribution in [-0.2, 0) is 0 Å². The van der Waals surface area contributed by atoms with Gasteiger partial charge in [0, 0.05) is 0 Å². The molecule has 0 fully saturated rings. The Bertz CT molecular complexity index is 165. The Morgan fingerprint density at radius 2 is 1.06 bits per heavy atom. The molecule has 0 atom stereocenters. The summed E-state index contributed by atoms with van der Waals surface area (Å²) in [5, 5.41) is 0. The summed E-state index contributed by atoms with van der Waals surface area (Å²) in [6, 6.07) is 0. The van der Waals surface area contributed by atoms with Gasteiger partial charge < -0.3 is 0 Å². The fraction of sp³-hybridized carbons (Fsp3) is 0.750. The fourth-order valence-corrected chi connectivity index (χ4v) is 1.68. The van der Waals surface area contributed by atoms with Gasteiger partial charge in [-0.3, -0.25) is 0 Å². The third-order valence-corrected chi connectivity index (χ3v) is 2.75. The van der Waals surface area contributed by atoms with Crippen LogP contribution in [0.15, 0.2) is 24.3 Å². The largest absolute Gasteiger partial charge is 0.0885 e. The summed E-state index contributed by atoms with van der Waals surface area (Å²) < 4.78 is 0. The number of hydrogen-bond donors (Lipinski definition) is 0. The van der Waals surface area contributed by atoms with Crippen LogP contribution >= 0.6 is 0 Å². The maximum Gasteiger partial charge on any atom is -0.0348 e. The van der Waals surface area contributed by atoms with Gasteiger partial charge in [-0.15, -0.1) is 0 Å². The SMILES string of the molecule is CCCC=CCCCC=CCCCCCC. The standard InChI is InChI=1S/C16H30/c1-3-5-7-9-11-13-15-16-14-12-10-8-6-4-2/h7,9,14,16H,3-6,8,10-13,15H2,1-2H3. The van der Waals surface area contributed by atoms with Crippen molar-refractivity contribution in [2.75, 3.05) is 0 Å². The van der Waals surface area contributed by atoms with Crippen LogP contribution in [-0.4, -0.2) is 0 Å². The van der Waals surface area contributed by atoms with Crippen LogP contribution in [0.2, 0.25) is 0 Å². The van der Waals surface area contributed by atoms with Crippen LogP contribution in [0.1, 0.15) is 78.1 Å². The average Bonchev–Trinajstić information content (AvgIpc) is 2.31. The zero-order valence-corrected chi connectivity index (χ0v) is 11.4. The molecule has 0 aromatic rings. The summed E-state index contributed by atoms with van der Waals surface area (Å²) in [6.07, 6.45) is 22.5. The minimum absolute atomic E-state index is 1.24. The van der Waals surface area contributed by atoms with E-state index in [1.54, 1.807) is 0 Å². The van der Waals surface area contributed by atoms with Gasteiger partial charge in [0.05, 0.1) is 0 Å². The van der Waals surface area contributed by atoms with E-state index in [4.69, 9.17) is 0 Å². The molecule has 0 heterocycles. The quantitative estimate of drug-likeness (QED) is 0.295. The van der Waals surface area contributed by atoms with Crippen molar-refractivity contribution in [1.82, 2.24) is 0 Å².